The van der Waals surface area contributed by atoms with Crippen LogP contribution in [0, 0.1) is 5.82 Å². The van der Waals surface area contributed by atoms with Crippen LogP contribution in [0.1, 0.15) is 38.7 Å². The third-order valence-corrected chi connectivity index (χ3v) is 2.81. The van der Waals surface area contributed by atoms with E-state index in [1.165, 1.54) is 6.07 Å². The summed E-state index contributed by atoms with van der Waals surface area (Å²) in [6, 6.07) is 4.91. The number of nitrogens with two attached hydrogens (primary N) is 1. The highest BCUT2D eigenvalue weighted by molar-refractivity contribution is 6.30. The van der Waals surface area contributed by atoms with Crippen LogP contribution in [0.5, 0.6) is 0 Å². The van der Waals surface area contributed by atoms with Crippen LogP contribution in [-0.4, -0.2) is 5.54 Å². The topological polar surface area (TPSA) is 26.0 Å². The van der Waals surface area contributed by atoms with E-state index in [-0.39, 0.29) is 16.4 Å². The van der Waals surface area contributed by atoms with Gasteiger partial charge in [-0.25, -0.2) is 4.39 Å². The zero-order valence-corrected chi connectivity index (χ0v) is 10.6. The molecular weight excluding hydrogens is 225 g/mol. The Morgan fingerprint density at radius 2 is 2.00 bits per heavy atom. The number of aryl methyl sites for hydroxylation is 1. The molecule has 16 heavy (non-hydrogen) atoms. The minimum absolute atomic E-state index is 0.0968. The monoisotopic (exact) mass is 243 g/mol. The van der Waals surface area contributed by atoms with Crippen molar-refractivity contribution < 1.29 is 4.39 Å². The van der Waals surface area contributed by atoms with Crippen molar-refractivity contribution in [2.75, 3.05) is 0 Å². The van der Waals surface area contributed by atoms with Gasteiger partial charge in [-0.3, -0.25) is 0 Å². The van der Waals surface area contributed by atoms with Gasteiger partial charge in [0.25, 0.3) is 0 Å². The van der Waals surface area contributed by atoms with Crippen molar-refractivity contribution in [3.8, 4) is 0 Å². The number of rotatable bonds is 5. The molecule has 1 rings (SSSR count). The molecule has 0 radical (unpaired) electrons. The fraction of sp³-hybridized carbons (Fsp3) is 0.538. The molecule has 3 heteroatoms. The number of hydrogen-bond acceptors (Lipinski definition) is 1. The van der Waals surface area contributed by atoms with Gasteiger partial charge in [-0.2, -0.15) is 0 Å². The molecule has 1 aromatic carbocycles. The summed E-state index contributed by atoms with van der Waals surface area (Å²) in [6.07, 6.45) is 4.07. The summed E-state index contributed by atoms with van der Waals surface area (Å²) in [4.78, 5) is 0. The van der Waals surface area contributed by atoms with Crippen LogP contribution in [0.25, 0.3) is 0 Å². The first-order valence-electron chi connectivity index (χ1n) is 5.61. The second-order valence-corrected chi connectivity index (χ2v) is 5.35. The SMILES string of the molecule is CC(C)(N)CCCCc1ccc(F)c(Cl)c1. The van der Waals surface area contributed by atoms with E-state index in [9.17, 15) is 4.39 Å². The van der Waals surface area contributed by atoms with E-state index in [1.807, 2.05) is 13.8 Å². The molecule has 0 aromatic heterocycles. The molecule has 0 unspecified atom stereocenters. The lowest BCUT2D eigenvalue weighted by molar-refractivity contribution is 0.450. The summed E-state index contributed by atoms with van der Waals surface area (Å²) in [6.45, 7) is 4.06. The first-order valence-corrected chi connectivity index (χ1v) is 5.99. The molecule has 0 fully saturated rings. The van der Waals surface area contributed by atoms with E-state index >= 15 is 0 Å². The van der Waals surface area contributed by atoms with E-state index in [4.69, 9.17) is 17.3 Å². The van der Waals surface area contributed by atoms with Crippen molar-refractivity contribution in [2.24, 2.45) is 5.73 Å². The first-order chi connectivity index (χ1) is 7.38. The van der Waals surface area contributed by atoms with E-state index < -0.39 is 0 Å². The van der Waals surface area contributed by atoms with Crippen LogP contribution in [0.3, 0.4) is 0 Å². The van der Waals surface area contributed by atoms with Gasteiger partial charge in [0.15, 0.2) is 0 Å². The van der Waals surface area contributed by atoms with Crippen molar-refractivity contribution in [2.45, 2.75) is 45.1 Å². The summed E-state index contributed by atoms with van der Waals surface area (Å²) in [5.74, 6) is -0.353. The van der Waals surface area contributed by atoms with Crippen molar-refractivity contribution in [1.82, 2.24) is 0 Å². The molecule has 0 saturated heterocycles. The molecule has 0 bridgehead atoms. The largest absolute Gasteiger partial charge is 0.326 e. The van der Waals surface area contributed by atoms with Gasteiger partial charge in [0, 0.05) is 5.54 Å². The lowest BCUT2D eigenvalue weighted by Crippen LogP contribution is -2.31. The van der Waals surface area contributed by atoms with Crippen LogP contribution in [-0.2, 0) is 6.42 Å². The molecule has 0 heterocycles. The predicted octanol–water partition coefficient (Wildman–Crippen LogP) is 3.93. The Hall–Kier alpha value is -0.600. The maximum absolute atomic E-state index is 12.9. The van der Waals surface area contributed by atoms with Crippen LogP contribution >= 0.6 is 11.6 Å². The molecule has 90 valence electrons. The van der Waals surface area contributed by atoms with Gasteiger partial charge in [-0.1, -0.05) is 24.1 Å². The average Bonchev–Trinajstić information content (AvgIpc) is 2.17. The van der Waals surface area contributed by atoms with E-state index in [0.29, 0.717) is 0 Å². The fourth-order valence-electron chi connectivity index (χ4n) is 1.60. The molecule has 2 N–H and O–H groups in total. The lowest BCUT2D eigenvalue weighted by Gasteiger charge is -2.17. The lowest BCUT2D eigenvalue weighted by atomic mass is 9.97. The molecule has 0 aliphatic heterocycles. The zero-order chi connectivity index (χ0) is 12.2. The molecule has 1 aromatic rings. The summed E-state index contributed by atoms with van der Waals surface area (Å²) in [5.41, 5.74) is 6.88. The highest BCUT2D eigenvalue weighted by Gasteiger charge is 2.09. The highest BCUT2D eigenvalue weighted by atomic mass is 35.5. The summed E-state index contributed by atoms with van der Waals surface area (Å²) >= 11 is 5.70. The number of halogens is 2. The van der Waals surface area contributed by atoms with Crippen LogP contribution in [0.15, 0.2) is 18.2 Å². The van der Waals surface area contributed by atoms with Gasteiger partial charge >= 0.3 is 0 Å². The summed E-state index contributed by atoms with van der Waals surface area (Å²) in [5, 5.41) is 0.205. The number of benzene rings is 1. The third-order valence-electron chi connectivity index (χ3n) is 2.52. The average molecular weight is 244 g/mol. The second kappa shape index (κ2) is 5.65. The minimum Gasteiger partial charge on any atom is -0.326 e. The fourth-order valence-corrected chi connectivity index (χ4v) is 1.81. The van der Waals surface area contributed by atoms with Crippen molar-refractivity contribution in [3.05, 3.63) is 34.6 Å². The Morgan fingerprint density at radius 3 is 2.56 bits per heavy atom. The smallest absolute Gasteiger partial charge is 0.141 e. The maximum Gasteiger partial charge on any atom is 0.141 e. The Labute approximate surface area is 102 Å². The van der Waals surface area contributed by atoms with E-state index in [0.717, 1.165) is 31.2 Å². The third kappa shape index (κ3) is 4.95. The molecule has 0 atom stereocenters. The normalized spacial score (nSPS) is 11.8. The molecule has 0 amide bonds. The second-order valence-electron chi connectivity index (χ2n) is 4.94. The number of hydrogen-bond donors (Lipinski definition) is 1. The minimum atomic E-state index is -0.353. The quantitative estimate of drug-likeness (QED) is 0.780. The maximum atomic E-state index is 12.9. The molecule has 0 aliphatic rings. The van der Waals surface area contributed by atoms with Crippen molar-refractivity contribution >= 4 is 11.6 Å². The Kier molecular flexibility index (Phi) is 4.75. The first kappa shape index (κ1) is 13.5. The predicted molar refractivity (Wildman–Crippen MR) is 67.2 cm³/mol. The Morgan fingerprint density at radius 1 is 1.31 bits per heavy atom. The summed E-state index contributed by atoms with van der Waals surface area (Å²) in [7, 11) is 0. The van der Waals surface area contributed by atoms with Gasteiger partial charge in [0.2, 0.25) is 0 Å². The Balaban J connectivity index is 2.35. The molecule has 1 nitrogen and oxygen atoms in total. The van der Waals surface area contributed by atoms with Gasteiger partial charge in [-0.15, -0.1) is 0 Å². The van der Waals surface area contributed by atoms with E-state index in [2.05, 4.69) is 0 Å². The van der Waals surface area contributed by atoms with Crippen molar-refractivity contribution in [1.29, 1.82) is 0 Å². The zero-order valence-electron chi connectivity index (χ0n) is 9.89. The van der Waals surface area contributed by atoms with Gasteiger partial charge in [0.05, 0.1) is 5.02 Å². The number of unbranched alkanes of at least 4 members (excludes halogenated alkanes) is 1. The standard InChI is InChI=1S/C13H19ClFN/c1-13(2,16)8-4-3-5-10-6-7-12(15)11(14)9-10/h6-7,9H,3-5,8,16H2,1-2H3. The highest BCUT2D eigenvalue weighted by Crippen LogP contribution is 2.18. The summed E-state index contributed by atoms with van der Waals surface area (Å²) < 4.78 is 12.9. The van der Waals surface area contributed by atoms with Crippen molar-refractivity contribution in [3.63, 3.8) is 0 Å². The van der Waals surface area contributed by atoms with Crippen LogP contribution in [0.2, 0.25) is 5.02 Å². The van der Waals surface area contributed by atoms with Crippen LogP contribution in [0.4, 0.5) is 4.39 Å². The molecule has 0 saturated carbocycles. The van der Waals surface area contributed by atoms with Gasteiger partial charge < -0.3 is 5.73 Å². The molecule has 0 aliphatic carbocycles. The molecule has 0 spiro atoms. The Bertz CT molecular complexity index is 344. The molecular formula is C13H19ClFN. The van der Waals surface area contributed by atoms with Gasteiger partial charge in [0.1, 0.15) is 5.82 Å². The van der Waals surface area contributed by atoms with E-state index in [1.54, 1.807) is 12.1 Å². The van der Waals surface area contributed by atoms with Gasteiger partial charge in [-0.05, 0) is 50.8 Å². The van der Waals surface area contributed by atoms with Crippen LogP contribution < -0.4 is 5.73 Å².